The molecule has 8 N–H and O–H groups in total. The number of carboxylic acid groups (broad SMARTS) is 1. The first-order valence-electron chi connectivity index (χ1n) is 35.4. The summed E-state index contributed by atoms with van der Waals surface area (Å²) in [6.45, 7) is 6.38. The number of allylic oxidation sites excluding steroid dienone is 7. The fourth-order valence-corrected chi connectivity index (χ4v) is 16.4. The van der Waals surface area contributed by atoms with Crippen molar-refractivity contribution in [2.24, 2.45) is 0 Å². The molecule has 582 valence electrons. The van der Waals surface area contributed by atoms with Crippen molar-refractivity contribution >= 4 is 84.1 Å². The van der Waals surface area contributed by atoms with Crippen molar-refractivity contribution in [1.29, 1.82) is 0 Å². The average molecular weight is 1570 g/mol. The summed E-state index contributed by atoms with van der Waals surface area (Å²) in [4.78, 5) is 79.8. The molecule has 0 fully saturated rings. The number of unbranched alkanes of at least 4 members (excludes halogenated alkanes) is 3. The number of aliphatic carboxylic acids is 1. The molecule has 4 heterocycles. The maximum absolute atomic E-state index is 13.8. The van der Waals surface area contributed by atoms with E-state index in [9.17, 15) is 83.0 Å². The van der Waals surface area contributed by atoms with E-state index in [0.717, 1.165) is 33.8 Å². The second kappa shape index (κ2) is 33.3. The lowest BCUT2D eigenvalue weighted by Gasteiger charge is -2.39. The number of nitrogens with one attached hydrogen (secondary N) is 2. The van der Waals surface area contributed by atoms with Gasteiger partial charge in [-0.25, -0.2) is 9.69 Å². The monoisotopic (exact) mass is 1570 g/mol. The van der Waals surface area contributed by atoms with Crippen LogP contribution in [0.4, 0.5) is 11.4 Å². The number of para-hydroxylation sites is 1. The normalized spacial score (nSPS) is 17.6. The van der Waals surface area contributed by atoms with E-state index < -0.39 is 103 Å². The van der Waals surface area contributed by atoms with Crippen LogP contribution in [0.1, 0.15) is 135 Å². The van der Waals surface area contributed by atoms with E-state index in [0.29, 0.717) is 80.6 Å². The molecule has 32 heteroatoms. The van der Waals surface area contributed by atoms with E-state index in [4.69, 9.17) is 23.7 Å². The van der Waals surface area contributed by atoms with E-state index in [1.165, 1.54) is 70.5 Å². The molecular weight excluding hydrogens is 1490 g/mol. The molecule has 0 saturated carbocycles. The van der Waals surface area contributed by atoms with Gasteiger partial charge in [0.05, 0.1) is 50.7 Å². The quantitative estimate of drug-likeness (QED) is 0.00349. The fourth-order valence-electron chi connectivity index (χ4n) is 14.9. The molecule has 0 aromatic heterocycles. The maximum Gasteiger partial charge on any atom is 0.340 e. The first-order chi connectivity index (χ1) is 52.2. The molecule has 2 amide bonds. The van der Waals surface area contributed by atoms with Crippen LogP contribution >= 0.6 is 0 Å². The van der Waals surface area contributed by atoms with Gasteiger partial charge >= 0.3 is 11.9 Å². The molecule has 1 unspecified atom stereocenters. The average Bonchev–Trinajstić information content (AvgIpc) is 1.42. The molecule has 1 atom stereocenters. The summed E-state index contributed by atoms with van der Waals surface area (Å²) in [5.41, 5.74) is 4.45. The largest absolute Gasteiger partial charge is 0.507 e. The molecule has 1 spiro atoms. The Hall–Kier alpha value is -10.6. The smallest absolute Gasteiger partial charge is 0.340 e. The van der Waals surface area contributed by atoms with Gasteiger partial charge in [-0.05, 0) is 154 Å². The molecule has 11 rings (SSSR count). The molecule has 0 saturated heterocycles. The SMILES string of the molecule is CC1(C)C(=CC=C2CCCC(C=CC3=[N+](CCCCS(=O)(=O)O)c4ccccc4C3(C)C)=C2Oc2ccc(S(=O)(=O)O)cc2)N(CCCCCC(=O)NCCNC(=O)CN(CC(=O)O)Cc2c(O)ccc3c2Oc2c(ccc(O)c2CN(COC=O)COC=O)C32OC(=O)c3ccccc32)c2ccc(S(=O)(=O)O)cc21. The van der Waals surface area contributed by atoms with Crippen LogP contribution < -0.4 is 25.0 Å². The standard InChI is InChI=1S/C78H84N6O23S3/c1-76(2)59-19-9-10-20-63(59)83(39-12-13-40-108(94,95)96)67(76)34-22-50-15-14-16-51(72(50)105-52-24-26-53(27-25-52)109(97,98)99)23-35-68-77(3,4)62-41-54(110(100,101)102)28-31-64(62)84(68)38-11-5-6-21-69(89)79-36-37-80-70(90)44-81(45-71(91)92)42-56-65(87)32-29-60-73(56)106-74-57(43-82(46-103-48-85)47-104-49-86)66(88)33-30-61(74)78(60)58-18-8-7-17-55(58)75(93)107-78/h7-10,17-20,22-35,41,48-49H,5-6,11-16,21,36-40,42-47H2,1-4H3,(H7-,79,80,87,88,89,90,91,92,94,95,96,97,98,99,100,101,102)/p+1. The van der Waals surface area contributed by atoms with Gasteiger partial charge in [-0.1, -0.05) is 62.7 Å². The first kappa shape index (κ1) is 80.4. The minimum absolute atomic E-state index is 0.00880. The molecule has 1 aliphatic carbocycles. The van der Waals surface area contributed by atoms with Gasteiger partial charge in [0.25, 0.3) is 43.3 Å². The van der Waals surface area contributed by atoms with Crippen molar-refractivity contribution in [2.45, 2.75) is 125 Å². The Bertz CT molecular complexity index is 5140. The van der Waals surface area contributed by atoms with Crippen molar-refractivity contribution in [3.63, 3.8) is 0 Å². The second-order valence-electron chi connectivity index (χ2n) is 28.2. The van der Waals surface area contributed by atoms with Crippen molar-refractivity contribution in [3.8, 4) is 28.7 Å². The zero-order valence-corrected chi connectivity index (χ0v) is 63.2. The number of fused-ring (bicyclic) bond motifs is 8. The number of esters is 1. The highest BCUT2D eigenvalue weighted by atomic mass is 32.2. The lowest BCUT2D eigenvalue weighted by molar-refractivity contribution is -0.438. The van der Waals surface area contributed by atoms with Gasteiger partial charge in [-0.3, -0.25) is 42.5 Å². The number of aromatic hydroxyl groups is 2. The Morgan fingerprint density at radius 3 is 1.90 bits per heavy atom. The van der Waals surface area contributed by atoms with Crippen LogP contribution in [0.3, 0.4) is 0 Å². The number of carbonyl (C=O) groups is 6. The molecule has 4 aliphatic heterocycles. The third kappa shape index (κ3) is 17.7. The van der Waals surface area contributed by atoms with E-state index in [1.54, 1.807) is 30.3 Å². The Morgan fingerprint density at radius 1 is 0.645 bits per heavy atom. The molecule has 110 heavy (non-hydrogen) atoms. The molecule has 29 nitrogen and oxygen atoms in total. The molecule has 6 aromatic rings. The zero-order chi connectivity index (χ0) is 79.1. The number of rotatable bonds is 35. The lowest BCUT2D eigenvalue weighted by Crippen LogP contribution is -2.42. The van der Waals surface area contributed by atoms with Crippen LogP contribution in [-0.4, -0.2) is 169 Å². The number of carboxylic acids is 1. The van der Waals surface area contributed by atoms with E-state index in [2.05, 4.69) is 40.0 Å². The molecule has 5 aliphatic rings. The summed E-state index contributed by atoms with van der Waals surface area (Å²) in [5.74, 6) is -3.56. The van der Waals surface area contributed by atoms with Gasteiger partial charge in [0.2, 0.25) is 17.5 Å². The lowest BCUT2D eigenvalue weighted by atomic mass is 9.76. The maximum atomic E-state index is 13.8. The number of phenolic OH excluding ortho intramolecular Hbond substituents is 2. The van der Waals surface area contributed by atoms with Crippen LogP contribution in [0, 0.1) is 0 Å². The number of amides is 2. The van der Waals surface area contributed by atoms with E-state index >= 15 is 0 Å². The summed E-state index contributed by atoms with van der Waals surface area (Å²) in [6, 6.07) is 29.9. The van der Waals surface area contributed by atoms with Gasteiger partial charge < -0.3 is 54.5 Å². The van der Waals surface area contributed by atoms with E-state index in [1.807, 2.05) is 56.4 Å². The summed E-state index contributed by atoms with van der Waals surface area (Å²) in [7, 11) is -13.3. The van der Waals surface area contributed by atoms with Crippen molar-refractivity contribution in [1.82, 2.24) is 20.4 Å². The Balaban J connectivity index is 0.771. The van der Waals surface area contributed by atoms with Crippen LogP contribution in [0.5, 0.6) is 28.7 Å². The van der Waals surface area contributed by atoms with Crippen LogP contribution in [0.15, 0.2) is 172 Å². The highest BCUT2D eigenvalue weighted by Gasteiger charge is 2.55. The minimum atomic E-state index is -4.62. The zero-order valence-electron chi connectivity index (χ0n) is 60.7. The number of hydrogen-bond donors (Lipinski definition) is 8. The van der Waals surface area contributed by atoms with Crippen molar-refractivity contribution in [2.75, 3.05) is 63.4 Å². The van der Waals surface area contributed by atoms with Crippen molar-refractivity contribution in [3.05, 3.63) is 207 Å². The van der Waals surface area contributed by atoms with Crippen molar-refractivity contribution < 1.29 is 111 Å². The number of nitrogens with zero attached hydrogens (tertiary/aromatic N) is 4. The number of hydrogen-bond acceptors (Lipinski definition) is 22. The number of benzene rings is 6. The van der Waals surface area contributed by atoms with Crippen LogP contribution in [0.25, 0.3) is 0 Å². The number of anilines is 1. The van der Waals surface area contributed by atoms with Gasteiger partial charge in [0, 0.05) is 96.8 Å². The Labute approximate surface area is 636 Å². The third-order valence-corrected chi connectivity index (χ3v) is 22.6. The predicted octanol–water partition coefficient (Wildman–Crippen LogP) is 9.33. The van der Waals surface area contributed by atoms with Gasteiger partial charge in [-0.2, -0.15) is 29.8 Å². The van der Waals surface area contributed by atoms with Crippen LogP contribution in [-0.2, 0) is 98.1 Å². The molecule has 0 bridgehead atoms. The van der Waals surface area contributed by atoms with E-state index in [-0.39, 0.29) is 118 Å². The predicted molar refractivity (Wildman–Crippen MR) is 400 cm³/mol. The second-order valence-corrected chi connectivity index (χ2v) is 32.6. The molecule has 6 aromatic carbocycles. The summed E-state index contributed by atoms with van der Waals surface area (Å²) >= 11 is 0. The van der Waals surface area contributed by atoms with Gasteiger partial charge in [-0.15, -0.1) is 0 Å². The molecule has 0 radical (unpaired) electrons. The fraction of sp³-hybridized carbons (Fsp3) is 0.346. The summed E-state index contributed by atoms with van der Waals surface area (Å²) < 4.78 is 134. The Kier molecular flexibility index (Phi) is 24.4. The summed E-state index contributed by atoms with van der Waals surface area (Å²) in [6.07, 6.45) is 12.0. The van der Waals surface area contributed by atoms with Crippen LogP contribution in [0.2, 0.25) is 0 Å². The highest BCUT2D eigenvalue weighted by Crippen LogP contribution is 2.60. The number of phenols is 2. The Morgan fingerprint density at radius 2 is 1.26 bits per heavy atom. The minimum Gasteiger partial charge on any atom is -0.507 e. The van der Waals surface area contributed by atoms with Gasteiger partial charge in [0.1, 0.15) is 54.5 Å². The number of carbonyl (C=O) groups excluding carboxylic acids is 5. The first-order valence-corrected chi connectivity index (χ1v) is 39.9. The molecular formula is C78H85N6O23S3+. The highest BCUT2D eigenvalue weighted by molar-refractivity contribution is 7.86. The topological polar surface area (TPSA) is 409 Å². The van der Waals surface area contributed by atoms with Gasteiger partial charge in [0.15, 0.2) is 11.3 Å². The third-order valence-electron chi connectivity index (χ3n) is 20.1. The summed E-state index contributed by atoms with van der Waals surface area (Å²) in [5, 5.41) is 38.7. The number of ether oxygens (including phenoxy) is 5.